The summed E-state index contributed by atoms with van der Waals surface area (Å²) in [6, 6.07) is 6.56. The smallest absolute Gasteiger partial charge is 0.254 e. The van der Waals surface area contributed by atoms with Crippen LogP contribution < -0.4 is 0 Å². The molecule has 6 heteroatoms. The number of aromatic hydroxyl groups is 1. The van der Waals surface area contributed by atoms with Gasteiger partial charge in [0.25, 0.3) is 5.91 Å². The number of nitrogens with zero attached hydrogens (tertiary/aromatic N) is 3. The van der Waals surface area contributed by atoms with E-state index in [1.54, 1.807) is 18.2 Å². The number of amides is 2. The summed E-state index contributed by atoms with van der Waals surface area (Å²) in [5, 5.41) is 9.70. The molecule has 0 radical (unpaired) electrons. The van der Waals surface area contributed by atoms with Crippen LogP contribution in [0.1, 0.15) is 42.5 Å². The molecule has 1 aliphatic carbocycles. The van der Waals surface area contributed by atoms with Crippen molar-refractivity contribution in [2.45, 2.75) is 37.6 Å². The highest BCUT2D eigenvalue weighted by molar-refractivity contribution is 5.94. The minimum atomic E-state index is -0.140. The summed E-state index contributed by atoms with van der Waals surface area (Å²) in [5.41, 5.74) is 0.383. The molecule has 2 amide bonds. The van der Waals surface area contributed by atoms with Crippen molar-refractivity contribution in [1.29, 1.82) is 0 Å². The molecule has 3 fully saturated rings. The summed E-state index contributed by atoms with van der Waals surface area (Å²) in [6.45, 7) is 3.81. The molecule has 2 aliphatic heterocycles. The van der Waals surface area contributed by atoms with E-state index in [1.807, 2.05) is 4.90 Å². The van der Waals surface area contributed by atoms with Gasteiger partial charge in [0.05, 0.1) is 0 Å². The van der Waals surface area contributed by atoms with E-state index in [0.29, 0.717) is 31.0 Å². The number of hydrogen-bond acceptors (Lipinski definition) is 4. The van der Waals surface area contributed by atoms with Gasteiger partial charge >= 0.3 is 0 Å². The van der Waals surface area contributed by atoms with Gasteiger partial charge in [-0.3, -0.25) is 14.5 Å². The lowest BCUT2D eigenvalue weighted by Gasteiger charge is -2.49. The summed E-state index contributed by atoms with van der Waals surface area (Å²) >= 11 is 0. The summed E-state index contributed by atoms with van der Waals surface area (Å²) in [5.74, 6) is 1.05. The third kappa shape index (κ3) is 3.81. The fourth-order valence-corrected chi connectivity index (χ4v) is 4.49. The van der Waals surface area contributed by atoms with Crippen molar-refractivity contribution < 1.29 is 14.7 Å². The van der Waals surface area contributed by atoms with E-state index in [4.69, 9.17) is 0 Å². The Bertz CT molecular complexity index is 733. The van der Waals surface area contributed by atoms with E-state index >= 15 is 0 Å². The molecular formula is C21H29N3O3. The fourth-order valence-electron chi connectivity index (χ4n) is 4.49. The Balaban J connectivity index is 1.49. The second-order valence-electron chi connectivity index (χ2n) is 8.46. The van der Waals surface area contributed by atoms with Crippen molar-refractivity contribution in [3.8, 4) is 5.75 Å². The average Bonchev–Trinajstić information content (AvgIpc) is 3.49. The normalized spacial score (nSPS) is 27.1. The van der Waals surface area contributed by atoms with Crippen LogP contribution >= 0.6 is 0 Å². The maximum Gasteiger partial charge on any atom is 0.254 e. The Morgan fingerprint density at radius 2 is 2.04 bits per heavy atom. The zero-order valence-corrected chi connectivity index (χ0v) is 16.1. The van der Waals surface area contributed by atoms with Gasteiger partial charge in [-0.15, -0.1) is 0 Å². The summed E-state index contributed by atoms with van der Waals surface area (Å²) in [6.07, 6.45) is 4.77. The molecule has 0 bridgehead atoms. The van der Waals surface area contributed by atoms with Gasteiger partial charge in [-0.2, -0.15) is 0 Å². The fraction of sp³-hybridized carbons (Fsp3) is 0.619. The Labute approximate surface area is 160 Å². The third-order valence-electron chi connectivity index (χ3n) is 6.56. The summed E-state index contributed by atoms with van der Waals surface area (Å²) < 4.78 is 0. The number of phenolic OH excluding ortho intramolecular Hbond substituents is 1. The van der Waals surface area contributed by atoms with Crippen LogP contribution in [0.5, 0.6) is 5.75 Å². The van der Waals surface area contributed by atoms with Crippen molar-refractivity contribution in [2.75, 3.05) is 39.8 Å². The number of benzene rings is 1. The first-order valence-corrected chi connectivity index (χ1v) is 10.0. The van der Waals surface area contributed by atoms with Gasteiger partial charge in [0.2, 0.25) is 5.91 Å². The van der Waals surface area contributed by atoms with Crippen LogP contribution in [0, 0.1) is 5.92 Å². The molecule has 0 unspecified atom stereocenters. The first-order chi connectivity index (χ1) is 13.0. The summed E-state index contributed by atoms with van der Waals surface area (Å²) in [4.78, 5) is 31.9. The molecule has 2 heterocycles. The van der Waals surface area contributed by atoms with Gasteiger partial charge in [0.15, 0.2) is 0 Å². The Morgan fingerprint density at radius 3 is 2.78 bits per heavy atom. The van der Waals surface area contributed by atoms with Gasteiger partial charge < -0.3 is 14.9 Å². The lowest BCUT2D eigenvalue weighted by molar-refractivity contribution is -0.130. The highest BCUT2D eigenvalue weighted by Gasteiger charge is 2.44. The number of carbonyl (C=O) groups excluding carboxylic acids is 2. The number of rotatable bonds is 3. The van der Waals surface area contributed by atoms with Crippen molar-refractivity contribution in [1.82, 2.24) is 14.7 Å². The Morgan fingerprint density at radius 1 is 1.22 bits per heavy atom. The highest BCUT2D eigenvalue weighted by Crippen LogP contribution is 2.35. The third-order valence-corrected chi connectivity index (χ3v) is 6.56. The van der Waals surface area contributed by atoms with Crippen molar-refractivity contribution >= 4 is 11.8 Å². The molecule has 6 nitrogen and oxygen atoms in total. The van der Waals surface area contributed by atoms with E-state index in [2.05, 4.69) is 16.8 Å². The Hall–Kier alpha value is -2.08. The number of likely N-dealkylation sites (N-methyl/N-ethyl adjacent to an activating group) is 1. The number of carbonyl (C=O) groups is 2. The van der Waals surface area contributed by atoms with Gasteiger partial charge in [-0.05, 0) is 56.8 Å². The minimum Gasteiger partial charge on any atom is -0.508 e. The number of hydrogen-bond donors (Lipinski definition) is 1. The molecular weight excluding hydrogens is 342 g/mol. The van der Waals surface area contributed by atoms with E-state index in [0.717, 1.165) is 32.5 Å². The van der Waals surface area contributed by atoms with Crippen LogP contribution in [0.2, 0.25) is 0 Å². The average molecular weight is 371 g/mol. The van der Waals surface area contributed by atoms with Crippen LogP contribution in [0.15, 0.2) is 24.3 Å². The zero-order chi connectivity index (χ0) is 19.0. The number of likely N-dealkylation sites (tertiary alicyclic amines) is 1. The van der Waals surface area contributed by atoms with Crippen molar-refractivity contribution in [3.05, 3.63) is 29.8 Å². The molecule has 1 spiro atoms. The maximum absolute atomic E-state index is 13.0. The molecule has 2 saturated heterocycles. The Kier molecular flexibility index (Phi) is 4.84. The molecule has 1 saturated carbocycles. The minimum absolute atomic E-state index is 0.0382. The van der Waals surface area contributed by atoms with E-state index in [-0.39, 0.29) is 23.1 Å². The van der Waals surface area contributed by atoms with Gasteiger partial charge in [0.1, 0.15) is 5.75 Å². The first kappa shape index (κ1) is 18.3. The van der Waals surface area contributed by atoms with Crippen LogP contribution in [-0.2, 0) is 4.79 Å². The largest absolute Gasteiger partial charge is 0.508 e. The van der Waals surface area contributed by atoms with Crippen LogP contribution in [0.25, 0.3) is 0 Å². The molecule has 0 aromatic heterocycles. The molecule has 1 atom stereocenters. The maximum atomic E-state index is 13.0. The SMILES string of the molecule is CN1CCN(C(=O)c2cccc(O)c2)C[C@]12CCC(=O)N(CC1CC1)CC2. The zero-order valence-electron chi connectivity index (χ0n) is 16.1. The second-order valence-corrected chi connectivity index (χ2v) is 8.46. The molecule has 3 aliphatic rings. The van der Waals surface area contributed by atoms with Crippen LogP contribution in [0.4, 0.5) is 0 Å². The monoisotopic (exact) mass is 371 g/mol. The number of piperazine rings is 1. The van der Waals surface area contributed by atoms with Gasteiger partial charge in [-0.1, -0.05) is 6.07 Å². The molecule has 1 aromatic rings. The van der Waals surface area contributed by atoms with E-state index < -0.39 is 0 Å². The standard InChI is InChI=1S/C21H29N3O3/c1-22-11-12-24(20(27)17-3-2-4-18(25)13-17)15-21(22)8-7-19(26)23(10-9-21)14-16-5-6-16/h2-4,13,16,25H,5-12,14-15H2,1H3/t21-/m1/s1. The topological polar surface area (TPSA) is 64.1 Å². The van der Waals surface area contributed by atoms with Gasteiger partial charge in [-0.25, -0.2) is 0 Å². The molecule has 4 rings (SSSR count). The van der Waals surface area contributed by atoms with Crippen molar-refractivity contribution in [3.63, 3.8) is 0 Å². The first-order valence-electron chi connectivity index (χ1n) is 10.0. The highest BCUT2D eigenvalue weighted by atomic mass is 16.3. The molecule has 27 heavy (non-hydrogen) atoms. The number of phenols is 1. The van der Waals surface area contributed by atoms with E-state index in [9.17, 15) is 14.7 Å². The lowest BCUT2D eigenvalue weighted by Crippen LogP contribution is -2.62. The molecule has 1 aromatic carbocycles. The second kappa shape index (κ2) is 7.15. The van der Waals surface area contributed by atoms with Crippen LogP contribution in [-0.4, -0.2) is 76.9 Å². The quantitative estimate of drug-likeness (QED) is 0.882. The van der Waals surface area contributed by atoms with Crippen LogP contribution in [0.3, 0.4) is 0 Å². The molecule has 146 valence electrons. The van der Waals surface area contributed by atoms with Crippen molar-refractivity contribution in [2.24, 2.45) is 5.92 Å². The predicted octanol–water partition coefficient (Wildman–Crippen LogP) is 1.94. The predicted molar refractivity (Wildman–Crippen MR) is 103 cm³/mol. The van der Waals surface area contributed by atoms with E-state index in [1.165, 1.54) is 18.9 Å². The summed E-state index contributed by atoms with van der Waals surface area (Å²) in [7, 11) is 2.12. The van der Waals surface area contributed by atoms with Gasteiger partial charge in [0, 0.05) is 50.2 Å². The molecule has 1 N–H and O–H groups in total. The lowest BCUT2D eigenvalue weighted by atomic mass is 9.86.